The number of pyridine rings is 2. The van der Waals surface area contributed by atoms with Crippen molar-refractivity contribution in [2.75, 3.05) is 52.2 Å². The van der Waals surface area contributed by atoms with Crippen LogP contribution in [0.5, 0.6) is 0 Å². The number of amides is 2. The molecule has 2 aromatic carbocycles. The van der Waals surface area contributed by atoms with Gasteiger partial charge >= 0.3 is 24.1 Å². The maximum Gasteiger partial charge on any atom is 0.412 e. The molecular weight excluding hydrogens is 770 g/mol. The molecule has 0 aliphatic heterocycles. The predicted molar refractivity (Wildman–Crippen MR) is 228 cm³/mol. The van der Waals surface area contributed by atoms with Crippen LogP contribution in [0.4, 0.5) is 21.2 Å². The van der Waals surface area contributed by atoms with E-state index in [9.17, 15) is 19.2 Å². The van der Waals surface area contributed by atoms with Gasteiger partial charge in [0, 0.05) is 49.2 Å². The number of methoxy groups -OCH3 is 2. The standard InChI is InChI=1S/C19H24N2O4.C18H23N3O4.CH4O.ClH.2H2S/c1-3-14(7-6-10-18(22)24-2)13-25-19(23)21-17-11-15-8-4-5-9-16(15)12-20-17;1-19-15(8-5-9-17(22)24-2)12-25-18(23)21-16-10-13-6-3-4-7-14(13)11-20-16;1-2;;;/h4-5,8-9,11-12,14H,3,6-7,10,13H2,1-2H3,(H,20,21,23);3-4,6-7,10-11,15,19H,5,8-9,12H2,1-2H3,(H,20,21,23);2H,1H3;1H;2*1H2/t14-;15-;;;;/m00..../s1. The summed E-state index contributed by atoms with van der Waals surface area (Å²) in [4.78, 5) is 54.5. The van der Waals surface area contributed by atoms with E-state index in [4.69, 9.17) is 14.6 Å². The third-order valence-electron chi connectivity index (χ3n) is 7.96. The quantitative estimate of drug-likeness (QED) is 0.0663. The van der Waals surface area contributed by atoms with Gasteiger partial charge in [-0.1, -0.05) is 61.9 Å². The van der Waals surface area contributed by atoms with Gasteiger partial charge in [0.05, 0.1) is 20.8 Å². The van der Waals surface area contributed by atoms with Gasteiger partial charge in [0.1, 0.15) is 18.2 Å². The lowest BCUT2D eigenvalue weighted by molar-refractivity contribution is -0.141. The number of carbonyl (C=O) groups excluding carboxylic acids is 4. The number of fused-ring (bicyclic) bond motifs is 2. The van der Waals surface area contributed by atoms with Crippen molar-refractivity contribution in [1.29, 1.82) is 0 Å². The highest BCUT2D eigenvalue weighted by atomic mass is 35.5. The Labute approximate surface area is 343 Å². The number of carbonyl (C=O) groups is 4. The van der Waals surface area contributed by atoms with Gasteiger partial charge in [-0.25, -0.2) is 19.6 Å². The van der Waals surface area contributed by atoms with E-state index in [1.54, 1.807) is 25.5 Å². The molecule has 0 aliphatic rings. The highest BCUT2D eigenvalue weighted by Gasteiger charge is 2.14. The smallest absolute Gasteiger partial charge is 0.412 e. The number of rotatable bonds is 16. The van der Waals surface area contributed by atoms with Crippen molar-refractivity contribution in [2.45, 2.75) is 57.9 Å². The number of hydrogen-bond acceptors (Lipinski definition) is 12. The normalized spacial score (nSPS) is 10.8. The number of aliphatic hydroxyl groups excluding tert-OH is 1. The summed E-state index contributed by atoms with van der Waals surface area (Å²) in [6.45, 7) is 2.56. The van der Waals surface area contributed by atoms with E-state index < -0.39 is 12.2 Å². The minimum absolute atomic E-state index is 0. The molecule has 0 saturated heterocycles. The Balaban J connectivity index is 0. The van der Waals surface area contributed by atoms with Crippen LogP contribution in [0.15, 0.2) is 73.1 Å². The van der Waals surface area contributed by atoms with Crippen LogP contribution in [-0.4, -0.2) is 86.8 Å². The minimum atomic E-state index is -0.559. The fraction of sp³-hybridized carbons (Fsp3) is 0.421. The van der Waals surface area contributed by atoms with E-state index in [2.05, 4.69) is 35.4 Å². The van der Waals surface area contributed by atoms with Crippen LogP contribution in [0.25, 0.3) is 21.5 Å². The van der Waals surface area contributed by atoms with Crippen LogP contribution in [-0.2, 0) is 28.5 Å². The molecule has 0 aliphatic carbocycles. The van der Waals surface area contributed by atoms with Gasteiger partial charge in [0.2, 0.25) is 0 Å². The van der Waals surface area contributed by atoms with Gasteiger partial charge in [0.15, 0.2) is 0 Å². The van der Waals surface area contributed by atoms with Crippen LogP contribution in [0, 0.1) is 5.92 Å². The minimum Gasteiger partial charge on any atom is -0.469 e. The number of aliphatic hydroxyl groups is 1. The number of esters is 2. The van der Waals surface area contributed by atoms with E-state index in [1.165, 1.54) is 14.2 Å². The number of halogens is 1. The zero-order valence-electron chi connectivity index (χ0n) is 32.0. The first-order chi connectivity index (χ1) is 25.2. The SMILES string of the molecule is CC[C@@H](CCCC(=O)OC)COC(=O)Nc1cc2ccccc2cn1.CN[C@@H](CCCC(=O)OC)COC(=O)Nc1cc2ccccc2cn1.CO.Cl.S.S. The average molecular weight is 826 g/mol. The number of anilines is 2. The van der Waals surface area contributed by atoms with Crippen LogP contribution < -0.4 is 16.0 Å². The lowest BCUT2D eigenvalue weighted by Gasteiger charge is -2.16. The van der Waals surface area contributed by atoms with Crippen molar-refractivity contribution in [3.63, 3.8) is 0 Å². The molecule has 17 heteroatoms. The molecule has 2 aromatic heterocycles. The van der Waals surface area contributed by atoms with Crippen LogP contribution >= 0.6 is 39.4 Å². The zero-order chi connectivity index (χ0) is 38.1. The lowest BCUT2D eigenvalue weighted by Crippen LogP contribution is -2.32. The topological polar surface area (TPSA) is 187 Å². The van der Waals surface area contributed by atoms with E-state index in [0.717, 1.165) is 47.9 Å². The third kappa shape index (κ3) is 20.8. The maximum absolute atomic E-state index is 11.9. The molecule has 0 unspecified atom stereocenters. The summed E-state index contributed by atoms with van der Waals surface area (Å²) < 4.78 is 19.7. The third-order valence-corrected chi connectivity index (χ3v) is 7.96. The molecule has 0 fully saturated rings. The fourth-order valence-electron chi connectivity index (χ4n) is 4.90. The molecule has 2 atom stereocenters. The lowest BCUT2D eigenvalue weighted by atomic mass is 10.0. The first-order valence-electron chi connectivity index (χ1n) is 17.1. The van der Waals surface area contributed by atoms with Crippen molar-refractivity contribution in [1.82, 2.24) is 15.3 Å². The molecule has 0 spiro atoms. The Bertz CT molecular complexity index is 1580. The summed E-state index contributed by atoms with van der Waals surface area (Å²) in [5, 5.41) is 19.3. The number of ether oxygens (including phenoxy) is 4. The fourth-order valence-corrected chi connectivity index (χ4v) is 4.90. The molecule has 4 rings (SSSR count). The van der Waals surface area contributed by atoms with E-state index >= 15 is 0 Å². The van der Waals surface area contributed by atoms with Crippen molar-refractivity contribution >= 4 is 96.7 Å². The van der Waals surface area contributed by atoms with Crippen LogP contribution in [0.3, 0.4) is 0 Å². The summed E-state index contributed by atoms with van der Waals surface area (Å²) in [6.07, 6.45) is 6.86. The molecule has 14 nitrogen and oxygen atoms in total. The molecule has 4 N–H and O–H groups in total. The zero-order valence-corrected chi connectivity index (χ0v) is 34.8. The van der Waals surface area contributed by atoms with Gasteiger partial charge < -0.3 is 29.4 Å². The number of nitrogens with one attached hydrogen (secondary N) is 3. The van der Waals surface area contributed by atoms with E-state index in [-0.39, 0.29) is 69.9 Å². The second-order valence-electron chi connectivity index (χ2n) is 11.5. The summed E-state index contributed by atoms with van der Waals surface area (Å²) in [5.41, 5.74) is 0. The molecule has 4 aromatic rings. The molecule has 0 bridgehead atoms. The van der Waals surface area contributed by atoms with Crippen LogP contribution in [0.2, 0.25) is 0 Å². The summed E-state index contributed by atoms with van der Waals surface area (Å²) >= 11 is 0. The Morgan fingerprint density at radius 2 is 1.11 bits per heavy atom. The van der Waals surface area contributed by atoms with Gasteiger partial charge in [-0.2, -0.15) is 27.0 Å². The summed E-state index contributed by atoms with van der Waals surface area (Å²) in [5.74, 6) is 0.671. The largest absolute Gasteiger partial charge is 0.469 e. The first-order valence-corrected chi connectivity index (χ1v) is 17.1. The number of hydrogen-bond donors (Lipinski definition) is 4. The van der Waals surface area contributed by atoms with E-state index in [1.807, 2.05) is 61.5 Å². The second-order valence-corrected chi connectivity index (χ2v) is 11.5. The highest BCUT2D eigenvalue weighted by molar-refractivity contribution is 7.59. The monoisotopic (exact) mass is 825 g/mol. The second kappa shape index (κ2) is 30.9. The van der Waals surface area contributed by atoms with E-state index in [0.29, 0.717) is 43.9 Å². The first kappa shape index (κ1) is 52.8. The van der Waals surface area contributed by atoms with Crippen molar-refractivity contribution in [2.24, 2.45) is 5.92 Å². The Kier molecular flexibility index (Phi) is 29.7. The number of nitrogens with zero attached hydrogens (tertiary/aromatic N) is 2. The van der Waals surface area contributed by atoms with Crippen LogP contribution in [0.1, 0.15) is 51.9 Å². The number of likely N-dealkylation sites (N-methyl/N-ethyl adjacent to an activating group) is 1. The summed E-state index contributed by atoms with van der Waals surface area (Å²) in [6, 6.07) is 19.1. The predicted octanol–water partition coefficient (Wildman–Crippen LogP) is 7.12. The molecular formula is C38H56ClN5O9S2. The van der Waals surface area contributed by atoms with Gasteiger partial charge in [-0.15, -0.1) is 12.4 Å². The number of benzene rings is 2. The van der Waals surface area contributed by atoms with Crippen molar-refractivity contribution in [3.05, 3.63) is 73.1 Å². The summed E-state index contributed by atoms with van der Waals surface area (Å²) in [7, 11) is 5.54. The Morgan fingerprint density at radius 1 is 0.691 bits per heavy atom. The number of aromatic nitrogens is 2. The molecule has 0 radical (unpaired) electrons. The molecule has 306 valence electrons. The van der Waals surface area contributed by atoms with Crippen molar-refractivity contribution < 1.29 is 43.2 Å². The van der Waals surface area contributed by atoms with Gasteiger partial charge in [-0.05, 0) is 61.6 Å². The molecule has 2 amide bonds. The Hall–Kier alpha value is -4.35. The van der Waals surface area contributed by atoms with Gasteiger partial charge in [0.25, 0.3) is 0 Å². The molecule has 0 saturated carbocycles. The maximum atomic E-state index is 11.9. The molecule has 2 heterocycles. The van der Waals surface area contributed by atoms with Gasteiger partial charge in [-0.3, -0.25) is 20.2 Å². The van der Waals surface area contributed by atoms with Crippen molar-refractivity contribution in [3.8, 4) is 0 Å². The molecule has 55 heavy (non-hydrogen) atoms. The Morgan fingerprint density at radius 3 is 1.53 bits per heavy atom. The average Bonchev–Trinajstić information content (AvgIpc) is 3.18. The highest BCUT2D eigenvalue weighted by Crippen LogP contribution is 2.18.